The van der Waals surface area contributed by atoms with Crippen molar-refractivity contribution in [3.05, 3.63) is 36.3 Å². The fraction of sp³-hybridized carbons (Fsp3) is 0.385. The van der Waals surface area contributed by atoms with E-state index in [1.165, 1.54) is 0 Å². The van der Waals surface area contributed by atoms with Crippen molar-refractivity contribution in [2.45, 2.75) is 32.9 Å². The molecule has 2 aromatic rings. The molecule has 96 valence electrons. The van der Waals surface area contributed by atoms with Crippen molar-refractivity contribution >= 4 is 0 Å². The third-order valence-corrected chi connectivity index (χ3v) is 2.53. The lowest BCUT2D eigenvalue weighted by atomic mass is 10.2. The van der Waals surface area contributed by atoms with Gasteiger partial charge in [0.05, 0.1) is 18.5 Å². The van der Waals surface area contributed by atoms with Crippen LogP contribution >= 0.6 is 0 Å². The zero-order valence-electron chi connectivity index (χ0n) is 10.6. The summed E-state index contributed by atoms with van der Waals surface area (Å²) < 4.78 is 7.40. The molecule has 2 aromatic heterocycles. The second-order valence-electron chi connectivity index (χ2n) is 4.15. The van der Waals surface area contributed by atoms with Crippen LogP contribution in [0.15, 0.2) is 30.7 Å². The van der Waals surface area contributed by atoms with Gasteiger partial charge in [-0.2, -0.15) is 5.10 Å². The van der Waals surface area contributed by atoms with E-state index in [-0.39, 0.29) is 0 Å². The van der Waals surface area contributed by atoms with E-state index in [9.17, 15) is 5.11 Å². The monoisotopic (exact) mass is 247 g/mol. The first-order valence-corrected chi connectivity index (χ1v) is 6.03. The normalized spacial score (nSPS) is 12.4. The molecule has 0 bridgehead atoms. The molecule has 1 atom stereocenters. The van der Waals surface area contributed by atoms with Gasteiger partial charge < -0.3 is 9.84 Å². The molecule has 0 aliphatic rings. The predicted octanol–water partition coefficient (Wildman–Crippen LogP) is 2.53. The molecular weight excluding hydrogens is 230 g/mol. The summed E-state index contributed by atoms with van der Waals surface area (Å²) in [4.78, 5) is 4.13. The van der Waals surface area contributed by atoms with E-state index < -0.39 is 6.10 Å². The molecule has 0 saturated heterocycles. The van der Waals surface area contributed by atoms with Crippen LogP contribution in [0, 0.1) is 0 Å². The van der Waals surface area contributed by atoms with Crippen molar-refractivity contribution in [2.24, 2.45) is 0 Å². The van der Waals surface area contributed by atoms with E-state index in [0.29, 0.717) is 11.6 Å². The van der Waals surface area contributed by atoms with Gasteiger partial charge in [-0.25, -0.2) is 4.98 Å². The van der Waals surface area contributed by atoms with Gasteiger partial charge in [0.1, 0.15) is 0 Å². The maximum absolute atomic E-state index is 9.37. The number of aliphatic hydroxyl groups excluding tert-OH is 1. The van der Waals surface area contributed by atoms with E-state index in [0.717, 1.165) is 18.5 Å². The van der Waals surface area contributed by atoms with E-state index in [2.05, 4.69) is 17.0 Å². The highest BCUT2D eigenvalue weighted by Gasteiger charge is 2.04. The van der Waals surface area contributed by atoms with Crippen LogP contribution in [-0.2, 0) is 6.54 Å². The van der Waals surface area contributed by atoms with Gasteiger partial charge in [-0.05, 0) is 25.0 Å². The van der Waals surface area contributed by atoms with Crippen LogP contribution in [0.3, 0.4) is 0 Å². The van der Waals surface area contributed by atoms with Crippen molar-refractivity contribution in [1.82, 2.24) is 14.8 Å². The Balaban J connectivity index is 2.03. The van der Waals surface area contributed by atoms with Crippen LogP contribution < -0.4 is 4.74 Å². The Morgan fingerprint density at radius 2 is 2.22 bits per heavy atom. The molecule has 0 radical (unpaired) electrons. The van der Waals surface area contributed by atoms with Crippen LogP contribution in [0.1, 0.15) is 31.9 Å². The molecule has 0 aromatic carbocycles. The summed E-state index contributed by atoms with van der Waals surface area (Å²) in [5, 5.41) is 13.5. The van der Waals surface area contributed by atoms with Gasteiger partial charge >= 0.3 is 0 Å². The van der Waals surface area contributed by atoms with Gasteiger partial charge in [0, 0.05) is 18.8 Å². The van der Waals surface area contributed by atoms with Crippen molar-refractivity contribution in [1.29, 1.82) is 0 Å². The number of pyridine rings is 1. The minimum Gasteiger partial charge on any atom is -0.436 e. The molecule has 5 nitrogen and oxygen atoms in total. The number of hydrogen-bond acceptors (Lipinski definition) is 4. The lowest BCUT2D eigenvalue weighted by Crippen LogP contribution is -1.95. The molecule has 0 saturated carbocycles. The molecular formula is C13H17N3O2. The summed E-state index contributed by atoms with van der Waals surface area (Å²) in [5.41, 5.74) is 0.768. The Bertz CT molecular complexity index is 491. The second-order valence-corrected chi connectivity index (χ2v) is 4.15. The fourth-order valence-electron chi connectivity index (χ4n) is 1.57. The fourth-order valence-corrected chi connectivity index (χ4v) is 1.57. The Morgan fingerprint density at radius 1 is 1.39 bits per heavy atom. The van der Waals surface area contributed by atoms with E-state index in [1.807, 2.05) is 10.9 Å². The predicted molar refractivity (Wildman–Crippen MR) is 67.5 cm³/mol. The number of aryl methyl sites for hydroxylation is 1. The van der Waals surface area contributed by atoms with Gasteiger partial charge in [0.15, 0.2) is 5.75 Å². The summed E-state index contributed by atoms with van der Waals surface area (Å²) in [7, 11) is 0. The van der Waals surface area contributed by atoms with Gasteiger partial charge in [-0.15, -0.1) is 0 Å². The van der Waals surface area contributed by atoms with Crippen LogP contribution in [0.25, 0.3) is 0 Å². The number of hydrogen-bond donors (Lipinski definition) is 1. The summed E-state index contributed by atoms with van der Waals surface area (Å²) in [6.07, 6.45) is 5.63. The first-order chi connectivity index (χ1) is 8.69. The van der Waals surface area contributed by atoms with Gasteiger partial charge in [-0.1, -0.05) is 6.92 Å². The maximum Gasteiger partial charge on any atom is 0.219 e. The standard InChI is InChI=1S/C13H17N3O2/c1-3-6-16-9-12(8-15-16)18-13-5-4-11(7-14-13)10(2)17/h4-5,7-10,17H,3,6H2,1-2H3/t10-/m1/s1. The molecule has 0 aliphatic heterocycles. The Kier molecular flexibility index (Phi) is 3.94. The quantitative estimate of drug-likeness (QED) is 0.882. The molecule has 5 heteroatoms. The van der Waals surface area contributed by atoms with E-state index in [1.54, 1.807) is 31.5 Å². The third-order valence-electron chi connectivity index (χ3n) is 2.53. The smallest absolute Gasteiger partial charge is 0.219 e. The highest BCUT2D eigenvalue weighted by molar-refractivity contribution is 5.24. The average molecular weight is 247 g/mol. The van der Waals surface area contributed by atoms with E-state index >= 15 is 0 Å². The first-order valence-electron chi connectivity index (χ1n) is 6.03. The SMILES string of the molecule is CCCn1cc(Oc2ccc([C@@H](C)O)cn2)cn1. The summed E-state index contributed by atoms with van der Waals surface area (Å²) in [6, 6.07) is 3.53. The highest BCUT2D eigenvalue weighted by atomic mass is 16.5. The zero-order valence-corrected chi connectivity index (χ0v) is 10.6. The van der Waals surface area contributed by atoms with Crippen molar-refractivity contribution in [3.63, 3.8) is 0 Å². The largest absolute Gasteiger partial charge is 0.436 e. The number of rotatable bonds is 5. The average Bonchev–Trinajstić information content (AvgIpc) is 2.78. The van der Waals surface area contributed by atoms with Gasteiger partial charge in [-0.3, -0.25) is 4.68 Å². The summed E-state index contributed by atoms with van der Waals surface area (Å²) in [5.74, 6) is 1.16. The summed E-state index contributed by atoms with van der Waals surface area (Å²) in [6.45, 7) is 4.67. The topological polar surface area (TPSA) is 60.2 Å². The number of ether oxygens (including phenoxy) is 1. The van der Waals surface area contributed by atoms with Crippen molar-refractivity contribution < 1.29 is 9.84 Å². The molecule has 2 rings (SSSR count). The summed E-state index contributed by atoms with van der Waals surface area (Å²) >= 11 is 0. The molecule has 0 fully saturated rings. The van der Waals surface area contributed by atoms with Gasteiger partial charge in [0.25, 0.3) is 0 Å². The molecule has 0 aliphatic carbocycles. The van der Waals surface area contributed by atoms with Crippen LogP contribution in [-0.4, -0.2) is 19.9 Å². The molecule has 18 heavy (non-hydrogen) atoms. The van der Waals surface area contributed by atoms with Crippen molar-refractivity contribution in [3.8, 4) is 11.6 Å². The van der Waals surface area contributed by atoms with Crippen LogP contribution in [0.5, 0.6) is 11.6 Å². The third kappa shape index (κ3) is 3.07. The molecule has 1 N–H and O–H groups in total. The zero-order chi connectivity index (χ0) is 13.0. The second kappa shape index (κ2) is 5.64. The Hall–Kier alpha value is -1.88. The van der Waals surface area contributed by atoms with Crippen LogP contribution in [0.2, 0.25) is 0 Å². The number of aromatic nitrogens is 3. The number of aliphatic hydroxyl groups is 1. The number of nitrogens with zero attached hydrogens (tertiary/aromatic N) is 3. The van der Waals surface area contributed by atoms with Gasteiger partial charge in [0.2, 0.25) is 5.88 Å². The van der Waals surface area contributed by atoms with Crippen LogP contribution in [0.4, 0.5) is 0 Å². The minimum absolute atomic E-state index is 0.496. The van der Waals surface area contributed by atoms with E-state index in [4.69, 9.17) is 4.74 Å². The lowest BCUT2D eigenvalue weighted by Gasteiger charge is -2.05. The molecule has 0 amide bonds. The van der Waals surface area contributed by atoms with Crippen molar-refractivity contribution in [2.75, 3.05) is 0 Å². The molecule has 0 spiro atoms. The maximum atomic E-state index is 9.37. The first kappa shape index (κ1) is 12.6. The highest BCUT2D eigenvalue weighted by Crippen LogP contribution is 2.20. The Morgan fingerprint density at radius 3 is 2.83 bits per heavy atom. The molecule has 2 heterocycles. The lowest BCUT2D eigenvalue weighted by molar-refractivity contribution is 0.198. The minimum atomic E-state index is -0.515. The Labute approximate surface area is 106 Å². The molecule has 0 unspecified atom stereocenters.